The zero-order valence-corrected chi connectivity index (χ0v) is 12.4. The second-order valence-electron chi connectivity index (χ2n) is 4.42. The van der Waals surface area contributed by atoms with E-state index in [0.29, 0.717) is 17.3 Å². The molecule has 22 heavy (non-hydrogen) atoms. The quantitative estimate of drug-likeness (QED) is 0.602. The summed E-state index contributed by atoms with van der Waals surface area (Å²) in [7, 11) is 1.56. The molecule has 1 aromatic heterocycles. The monoisotopic (exact) mass is 324 g/mol. The van der Waals surface area contributed by atoms with E-state index in [4.69, 9.17) is 20.8 Å². The number of hydrogen-bond acceptors (Lipinski definition) is 5. The van der Waals surface area contributed by atoms with Gasteiger partial charge in [-0.1, -0.05) is 11.6 Å². The van der Waals surface area contributed by atoms with Gasteiger partial charge in [0, 0.05) is 12.1 Å². The first kappa shape index (κ1) is 15.8. The topological polar surface area (TPSA) is 85.8 Å². The van der Waals surface area contributed by atoms with Crippen LogP contribution in [0.1, 0.15) is 10.6 Å². The van der Waals surface area contributed by atoms with Crippen molar-refractivity contribution >= 4 is 23.4 Å². The van der Waals surface area contributed by atoms with Crippen molar-refractivity contribution in [2.45, 2.75) is 0 Å². The molecule has 2 rings (SSSR count). The molecule has 1 amide bonds. The SMILES string of the molecule is CN(CCOc1ccc(Cl)cc1)C(=O)c1ccc([N+](=O)[O-])o1. The zero-order valence-electron chi connectivity index (χ0n) is 11.7. The van der Waals surface area contributed by atoms with Crippen LogP contribution in [0, 0.1) is 10.1 Å². The van der Waals surface area contributed by atoms with Crippen molar-refractivity contribution < 1.29 is 18.9 Å². The molecule has 0 radical (unpaired) electrons. The Morgan fingerprint density at radius 3 is 2.59 bits per heavy atom. The highest BCUT2D eigenvalue weighted by Gasteiger charge is 2.20. The van der Waals surface area contributed by atoms with Crippen molar-refractivity contribution in [3.05, 3.63) is 57.3 Å². The Morgan fingerprint density at radius 1 is 1.32 bits per heavy atom. The Kier molecular flexibility index (Phi) is 5.00. The number of rotatable bonds is 6. The number of furan rings is 1. The fourth-order valence-corrected chi connectivity index (χ4v) is 1.79. The van der Waals surface area contributed by atoms with Crippen LogP contribution in [0.4, 0.5) is 5.88 Å². The summed E-state index contributed by atoms with van der Waals surface area (Å²) in [5, 5.41) is 11.1. The highest BCUT2D eigenvalue weighted by molar-refractivity contribution is 6.30. The summed E-state index contributed by atoms with van der Waals surface area (Å²) in [6.45, 7) is 0.572. The fourth-order valence-electron chi connectivity index (χ4n) is 1.66. The maximum Gasteiger partial charge on any atom is 0.433 e. The van der Waals surface area contributed by atoms with Gasteiger partial charge < -0.3 is 14.1 Å². The number of amides is 1. The molecule has 0 spiro atoms. The van der Waals surface area contributed by atoms with Crippen LogP contribution in [0.15, 0.2) is 40.8 Å². The van der Waals surface area contributed by atoms with E-state index in [0.717, 1.165) is 6.07 Å². The molecule has 0 fully saturated rings. The van der Waals surface area contributed by atoms with Gasteiger partial charge in [-0.15, -0.1) is 0 Å². The number of carbonyl (C=O) groups is 1. The highest BCUT2D eigenvalue weighted by Crippen LogP contribution is 2.17. The molecule has 0 aliphatic heterocycles. The van der Waals surface area contributed by atoms with E-state index in [2.05, 4.69) is 0 Å². The molecule has 0 saturated heterocycles. The van der Waals surface area contributed by atoms with Gasteiger partial charge in [0.1, 0.15) is 17.3 Å². The van der Waals surface area contributed by atoms with Crippen LogP contribution in [-0.2, 0) is 0 Å². The average molecular weight is 325 g/mol. The van der Waals surface area contributed by atoms with Gasteiger partial charge in [-0.2, -0.15) is 0 Å². The number of carbonyl (C=O) groups excluding carboxylic acids is 1. The second-order valence-corrected chi connectivity index (χ2v) is 4.86. The van der Waals surface area contributed by atoms with Crippen LogP contribution >= 0.6 is 11.6 Å². The van der Waals surface area contributed by atoms with Gasteiger partial charge in [-0.05, 0) is 30.3 Å². The van der Waals surface area contributed by atoms with E-state index in [1.807, 2.05) is 0 Å². The Balaban J connectivity index is 1.85. The first-order valence-electron chi connectivity index (χ1n) is 6.35. The molecule has 2 aromatic rings. The van der Waals surface area contributed by atoms with Crippen LogP contribution in [0.2, 0.25) is 5.02 Å². The molecule has 0 N–H and O–H groups in total. The van der Waals surface area contributed by atoms with E-state index in [1.165, 1.54) is 11.0 Å². The third-order valence-corrected chi connectivity index (χ3v) is 3.09. The van der Waals surface area contributed by atoms with Crippen molar-refractivity contribution in [2.75, 3.05) is 20.2 Å². The first-order valence-corrected chi connectivity index (χ1v) is 6.73. The summed E-state index contributed by atoms with van der Waals surface area (Å²) >= 11 is 5.76. The van der Waals surface area contributed by atoms with Crippen molar-refractivity contribution in [1.29, 1.82) is 0 Å². The predicted octanol–water partition coefficient (Wildman–Crippen LogP) is 2.99. The van der Waals surface area contributed by atoms with Crippen LogP contribution in [0.5, 0.6) is 5.75 Å². The van der Waals surface area contributed by atoms with Gasteiger partial charge in [-0.25, -0.2) is 0 Å². The van der Waals surface area contributed by atoms with Crippen LogP contribution in [0.3, 0.4) is 0 Å². The normalized spacial score (nSPS) is 10.3. The molecule has 0 bridgehead atoms. The third-order valence-electron chi connectivity index (χ3n) is 2.84. The standard InChI is InChI=1S/C14H13ClN2O5/c1-16(8-9-21-11-4-2-10(15)3-5-11)14(18)12-6-7-13(22-12)17(19)20/h2-7H,8-9H2,1H3. The summed E-state index contributed by atoms with van der Waals surface area (Å²) in [5.41, 5.74) is 0. The van der Waals surface area contributed by atoms with E-state index < -0.39 is 16.7 Å². The van der Waals surface area contributed by atoms with Crippen molar-refractivity contribution in [3.63, 3.8) is 0 Å². The summed E-state index contributed by atoms with van der Waals surface area (Å²) in [6.07, 6.45) is 0. The molecule has 1 heterocycles. The van der Waals surface area contributed by atoms with E-state index in [1.54, 1.807) is 31.3 Å². The number of likely N-dealkylation sites (N-methyl/N-ethyl adjacent to an activating group) is 1. The molecule has 0 atom stereocenters. The van der Waals surface area contributed by atoms with Crippen molar-refractivity contribution in [3.8, 4) is 5.75 Å². The molecule has 0 unspecified atom stereocenters. The number of ether oxygens (including phenoxy) is 1. The van der Waals surface area contributed by atoms with Gasteiger partial charge in [0.05, 0.1) is 12.6 Å². The van der Waals surface area contributed by atoms with E-state index in [9.17, 15) is 14.9 Å². The Labute approximate surface area is 131 Å². The van der Waals surface area contributed by atoms with Gasteiger partial charge in [0.2, 0.25) is 0 Å². The lowest BCUT2D eigenvalue weighted by atomic mass is 10.3. The van der Waals surface area contributed by atoms with Gasteiger partial charge >= 0.3 is 5.88 Å². The average Bonchev–Trinajstić information content (AvgIpc) is 2.98. The molecule has 0 saturated carbocycles. The number of halogens is 1. The summed E-state index contributed by atoms with van der Waals surface area (Å²) < 4.78 is 10.3. The number of nitro groups is 1. The molecule has 0 aliphatic carbocycles. The minimum Gasteiger partial charge on any atom is -0.492 e. The van der Waals surface area contributed by atoms with Gasteiger partial charge in [0.15, 0.2) is 5.76 Å². The molecule has 8 heteroatoms. The summed E-state index contributed by atoms with van der Waals surface area (Å²) in [6, 6.07) is 9.27. The van der Waals surface area contributed by atoms with E-state index in [-0.39, 0.29) is 12.4 Å². The molecule has 1 aromatic carbocycles. The van der Waals surface area contributed by atoms with Crippen LogP contribution < -0.4 is 4.74 Å². The molecule has 0 aliphatic rings. The van der Waals surface area contributed by atoms with Gasteiger partial charge in [-0.3, -0.25) is 14.9 Å². The van der Waals surface area contributed by atoms with Crippen LogP contribution in [0.25, 0.3) is 0 Å². The first-order chi connectivity index (χ1) is 10.5. The summed E-state index contributed by atoms with van der Waals surface area (Å²) in [5.74, 6) is -0.360. The second kappa shape index (κ2) is 6.95. The lowest BCUT2D eigenvalue weighted by Gasteiger charge is -2.16. The largest absolute Gasteiger partial charge is 0.492 e. The molecule has 116 valence electrons. The van der Waals surface area contributed by atoms with Crippen molar-refractivity contribution in [1.82, 2.24) is 4.90 Å². The smallest absolute Gasteiger partial charge is 0.433 e. The zero-order chi connectivity index (χ0) is 16.1. The van der Waals surface area contributed by atoms with Crippen LogP contribution in [-0.4, -0.2) is 35.9 Å². The molecular formula is C14H13ClN2O5. The maximum atomic E-state index is 12.0. The maximum absolute atomic E-state index is 12.0. The van der Waals surface area contributed by atoms with Crippen molar-refractivity contribution in [2.24, 2.45) is 0 Å². The lowest BCUT2D eigenvalue weighted by molar-refractivity contribution is -0.402. The highest BCUT2D eigenvalue weighted by atomic mass is 35.5. The Morgan fingerprint density at radius 2 is 2.00 bits per heavy atom. The lowest BCUT2D eigenvalue weighted by Crippen LogP contribution is -2.30. The number of nitrogens with zero attached hydrogens (tertiary/aromatic N) is 2. The predicted molar refractivity (Wildman–Crippen MR) is 79.3 cm³/mol. The summed E-state index contributed by atoms with van der Waals surface area (Å²) in [4.78, 5) is 23.2. The molecular weight excluding hydrogens is 312 g/mol. The Hall–Kier alpha value is -2.54. The van der Waals surface area contributed by atoms with Gasteiger partial charge in [0.25, 0.3) is 5.91 Å². The number of benzene rings is 1. The fraction of sp³-hybridized carbons (Fsp3) is 0.214. The third kappa shape index (κ3) is 3.98. The minimum absolute atomic E-state index is 0.0827. The Bertz CT molecular complexity index is 668. The number of hydrogen-bond donors (Lipinski definition) is 0. The molecule has 7 nitrogen and oxygen atoms in total. The minimum atomic E-state index is -0.694. The van der Waals surface area contributed by atoms with E-state index >= 15 is 0 Å².